The standard InChI is InChI=1S/C17H21F3O4.C17H22O4.2C17H26O4.C17H24O4.C15H19F3O5/c1-9(17(18,19)20)5-6-12-15(3,24-12)14-13(22-4)11(21)7-10(2)16(14)8-23-16;1-10-8-12(18)14(19-3)15(17(10)9-20-17)16(2)13(21-16)7-6-11-4-5-11;3*1-10(2)6-7-13-16(4,21-13)15-14(19-5)12(18)8-11(3)17(15)9-20-17;1-8-6-9(19)11(20-3)12(14(8)7-22-14)13(2)10(23-13)4-5-21-15(16,17)18/h5,7,12-14H,6,8H2,1-4H3;6,8,13-15H,4-5,7,9H2,1-3H3;2*8,10,13-15H,6-7,9H2,1-5H3;6,8,13-15H,7,9H2,1-5H3;6,10-12H,4-5,7H2,1-3H3/b9-5+;;;;;/t12-,13-,14-,15-,16-;13-,14-,15-,16+,17-;3*13-,14-,15-,16-,17-;10-,11-,12-,13-,14-/m111111/s1. The van der Waals surface area contributed by atoms with Crippen molar-refractivity contribution in [1.29, 1.82) is 0 Å². The van der Waals surface area contributed by atoms with Gasteiger partial charge in [0.1, 0.15) is 104 Å². The monoisotopic (exact) mass is 1850 g/mol. The molecule has 12 heterocycles. The van der Waals surface area contributed by atoms with Gasteiger partial charge in [-0.2, -0.15) is 13.2 Å². The van der Waals surface area contributed by atoms with Gasteiger partial charge in [-0.3, -0.25) is 33.5 Å². The van der Waals surface area contributed by atoms with Crippen molar-refractivity contribution in [3.8, 4) is 0 Å². The molecular formula is C100H138F6O25. The predicted molar refractivity (Wildman–Crippen MR) is 465 cm³/mol. The van der Waals surface area contributed by atoms with Crippen LogP contribution in [0.3, 0.4) is 0 Å². The van der Waals surface area contributed by atoms with Gasteiger partial charge in [-0.05, 0) is 243 Å². The summed E-state index contributed by atoms with van der Waals surface area (Å²) in [5.41, 5.74) is 2.47. The Hall–Kier alpha value is -5.50. The molecule has 19 rings (SSSR count). The number of epoxide rings is 12. The molecule has 7 aliphatic carbocycles. The fourth-order valence-electron chi connectivity index (χ4n) is 23.1. The van der Waals surface area contributed by atoms with Crippen molar-refractivity contribution in [3.63, 3.8) is 0 Å². The molecule has 0 amide bonds. The summed E-state index contributed by atoms with van der Waals surface area (Å²) in [6.07, 6.45) is 11.9. The number of rotatable bonds is 27. The number of carbonyl (C=O) groups is 6. The van der Waals surface area contributed by atoms with Crippen LogP contribution in [-0.4, -0.2) is 277 Å². The highest BCUT2D eigenvalue weighted by atomic mass is 19.4. The fourth-order valence-corrected chi connectivity index (χ4v) is 23.1. The van der Waals surface area contributed by atoms with E-state index in [9.17, 15) is 55.1 Å². The van der Waals surface area contributed by atoms with Gasteiger partial charge in [0.25, 0.3) is 0 Å². The van der Waals surface area contributed by atoms with Gasteiger partial charge in [0, 0.05) is 54.7 Å². The van der Waals surface area contributed by atoms with Crippen molar-refractivity contribution in [1.82, 2.24) is 0 Å². The molecule has 0 unspecified atom stereocenters. The zero-order chi connectivity index (χ0) is 96.0. The molecule has 0 aromatic rings. The van der Waals surface area contributed by atoms with E-state index < -0.39 is 96.0 Å². The molecule has 31 heteroatoms. The van der Waals surface area contributed by atoms with Crippen molar-refractivity contribution < 1.29 is 145 Å². The number of ether oxygens (including phenoxy) is 19. The summed E-state index contributed by atoms with van der Waals surface area (Å²) in [4.78, 5) is 73.6. The van der Waals surface area contributed by atoms with Gasteiger partial charge in [-0.25, -0.2) is 0 Å². The lowest BCUT2D eigenvalue weighted by molar-refractivity contribution is -0.324. The Kier molecular flexibility index (Phi) is 28.2. The number of allylic oxidation sites excluding steroid dienone is 3. The van der Waals surface area contributed by atoms with Crippen LogP contribution in [0.1, 0.15) is 196 Å². The van der Waals surface area contributed by atoms with E-state index in [0.717, 1.165) is 85.0 Å². The topological polar surface area (TPSA) is 317 Å². The van der Waals surface area contributed by atoms with Crippen molar-refractivity contribution >= 4 is 34.7 Å². The molecule has 19 aliphatic rings. The van der Waals surface area contributed by atoms with Gasteiger partial charge in [-0.1, -0.05) is 57.1 Å². The summed E-state index contributed by atoms with van der Waals surface area (Å²) in [6.45, 7) is 40.8. The van der Waals surface area contributed by atoms with Crippen LogP contribution in [0.2, 0.25) is 0 Å². The van der Waals surface area contributed by atoms with E-state index in [-0.39, 0.29) is 152 Å². The fraction of sp³-hybridized carbons (Fsp3) is 0.760. The van der Waals surface area contributed by atoms with Crippen LogP contribution in [0.5, 0.6) is 0 Å². The zero-order valence-corrected chi connectivity index (χ0v) is 80.7. The second-order valence-corrected chi connectivity index (χ2v) is 41.8. The molecular weight excluding hydrogens is 1720 g/mol. The maximum atomic E-state index is 12.6. The number of hydrogen-bond acceptors (Lipinski definition) is 25. The lowest BCUT2D eigenvalue weighted by Crippen LogP contribution is -2.52. The number of carbonyl (C=O) groups excluding carboxylic acids is 6. The van der Waals surface area contributed by atoms with Crippen molar-refractivity contribution in [2.24, 2.45) is 47.3 Å². The minimum atomic E-state index is -4.65. The summed E-state index contributed by atoms with van der Waals surface area (Å²) in [5, 5.41) is 0. The number of ketones is 6. The minimum Gasteiger partial charge on any atom is -0.373 e. The Balaban J connectivity index is 0.000000127. The van der Waals surface area contributed by atoms with E-state index in [0.29, 0.717) is 51.5 Å². The number of hydrogen-bond donors (Lipinski definition) is 0. The van der Waals surface area contributed by atoms with Crippen LogP contribution in [0, 0.1) is 47.3 Å². The zero-order valence-electron chi connectivity index (χ0n) is 80.7. The molecule has 12 saturated heterocycles. The van der Waals surface area contributed by atoms with E-state index in [1.165, 1.54) is 50.4 Å². The number of methoxy groups -OCH3 is 6. The predicted octanol–water partition coefficient (Wildman–Crippen LogP) is 14.6. The molecule has 0 N–H and O–H groups in total. The molecule has 0 bridgehead atoms. The van der Waals surface area contributed by atoms with Crippen molar-refractivity contribution in [3.05, 3.63) is 105 Å². The molecule has 25 nitrogen and oxygen atoms in total. The molecule has 0 radical (unpaired) electrons. The molecule has 131 heavy (non-hydrogen) atoms. The normalized spacial score (nSPS) is 44.5. The average molecular weight is 1850 g/mol. The van der Waals surface area contributed by atoms with Gasteiger partial charge in [-0.15, -0.1) is 13.2 Å². The van der Waals surface area contributed by atoms with Gasteiger partial charge in [0.2, 0.25) is 0 Å². The van der Waals surface area contributed by atoms with E-state index >= 15 is 0 Å². The van der Waals surface area contributed by atoms with Crippen LogP contribution in [0.25, 0.3) is 0 Å². The second-order valence-electron chi connectivity index (χ2n) is 41.8. The first-order valence-electron chi connectivity index (χ1n) is 46.4. The van der Waals surface area contributed by atoms with Crippen LogP contribution in [-0.2, 0) is 119 Å². The van der Waals surface area contributed by atoms with Gasteiger partial charge in [0.05, 0.1) is 118 Å². The average Bonchev–Trinajstić information content (AvgIpc) is 1.55. The highest BCUT2D eigenvalue weighted by molar-refractivity contribution is 6.00. The van der Waals surface area contributed by atoms with Crippen LogP contribution in [0.4, 0.5) is 26.3 Å². The molecule has 13 fully saturated rings. The Labute approximate surface area is 766 Å². The third-order valence-corrected chi connectivity index (χ3v) is 32.1. The summed E-state index contributed by atoms with van der Waals surface area (Å²) in [5.74, 6) is 0.224. The van der Waals surface area contributed by atoms with Gasteiger partial charge >= 0.3 is 12.5 Å². The van der Waals surface area contributed by atoms with Crippen molar-refractivity contribution in [2.75, 3.05) is 88.9 Å². The third-order valence-electron chi connectivity index (χ3n) is 32.1. The molecule has 6 spiro atoms. The first-order valence-corrected chi connectivity index (χ1v) is 46.4. The summed E-state index contributed by atoms with van der Waals surface area (Å²) >= 11 is 0. The summed E-state index contributed by atoms with van der Waals surface area (Å²) < 4.78 is 181. The van der Waals surface area contributed by atoms with E-state index in [1.807, 2.05) is 48.5 Å². The molecule has 30 atom stereocenters. The lowest BCUT2D eigenvalue weighted by Gasteiger charge is -2.36. The summed E-state index contributed by atoms with van der Waals surface area (Å²) in [7, 11) is 9.30. The van der Waals surface area contributed by atoms with Crippen LogP contribution in [0.15, 0.2) is 105 Å². The first kappa shape index (κ1) is 101. The number of halogens is 6. The quantitative estimate of drug-likeness (QED) is 0.0419. The molecule has 12 aliphatic heterocycles. The Morgan fingerprint density at radius 2 is 0.588 bits per heavy atom. The minimum absolute atomic E-state index is 0.0267. The summed E-state index contributed by atoms with van der Waals surface area (Å²) in [6, 6.07) is 0. The largest absolute Gasteiger partial charge is 0.522 e. The molecule has 0 aromatic carbocycles. The lowest BCUT2D eigenvalue weighted by atomic mass is 9.68. The molecule has 1 saturated carbocycles. The van der Waals surface area contributed by atoms with Gasteiger partial charge < -0.3 is 85.3 Å². The van der Waals surface area contributed by atoms with Gasteiger partial charge in [0.15, 0.2) is 34.7 Å². The van der Waals surface area contributed by atoms with Crippen LogP contribution >= 0.6 is 0 Å². The Morgan fingerprint density at radius 1 is 0.366 bits per heavy atom. The Bertz CT molecular complexity index is 4510. The smallest absolute Gasteiger partial charge is 0.373 e. The van der Waals surface area contributed by atoms with Crippen molar-refractivity contribution in [2.45, 2.75) is 349 Å². The SMILES string of the molecule is CO[C@@H]1C(=O)C=C(C)[C@]2(CO2)[C@H]1[C@@]1(C)O[C@@H]1CC=C1CC1.CO[C@@H]1C(=O)C=C(C)[C@]2(CO2)[C@H]1[C@]1(C)O[C@@H]1C/C=C(\C)C(F)(F)F.CO[C@@H]1C(=O)C=C(C)[C@]2(CO2)[C@H]1[C@]1(C)O[C@@H]1CC=C(C)C.CO[C@@H]1C(=O)C=C(C)[C@]2(CO2)[C@H]1[C@]1(C)O[C@@H]1CCC(C)C.CO[C@@H]1C(=O)C=C(C)[C@]2(CO2)[C@H]1[C@]1(C)O[C@@H]1CCC(C)C.CO[C@@H]1C(=O)C=C(C)[C@]2(CO2)[C@H]1[C@]1(C)O[C@@H]1CCOC(F)(F)F. The second kappa shape index (κ2) is 36.4. The Morgan fingerprint density at radius 3 is 0.794 bits per heavy atom. The maximum absolute atomic E-state index is 12.6. The highest BCUT2D eigenvalue weighted by Crippen LogP contribution is 2.66. The van der Waals surface area contributed by atoms with E-state index in [4.69, 9.17) is 85.3 Å². The first-order chi connectivity index (χ1) is 61.3. The molecule has 0 aromatic heterocycles. The van der Waals surface area contributed by atoms with Crippen LogP contribution < -0.4 is 0 Å². The van der Waals surface area contributed by atoms with E-state index in [1.54, 1.807) is 59.7 Å². The van der Waals surface area contributed by atoms with E-state index in [2.05, 4.69) is 86.1 Å². The highest BCUT2D eigenvalue weighted by Gasteiger charge is 2.79. The third kappa shape index (κ3) is 19.3. The number of alkyl halides is 6. The maximum Gasteiger partial charge on any atom is 0.522 e. The molecule has 730 valence electrons.